The van der Waals surface area contributed by atoms with Crippen LogP contribution >= 0.6 is 15.9 Å². The van der Waals surface area contributed by atoms with E-state index in [0.717, 1.165) is 23.2 Å². The molecule has 0 bridgehead atoms. The highest BCUT2D eigenvalue weighted by Crippen LogP contribution is 2.25. The Morgan fingerprint density at radius 1 is 1.56 bits per heavy atom. The standard InChI is InChI=1S/C11H12BrNO3/c12-9-5-7(11(14)15)1-2-10(9)13-8-3-4-16-6-8/h1-2,5,8,13H,3-4,6H2,(H,14,15)/t8-/m0/s1. The highest BCUT2D eigenvalue weighted by molar-refractivity contribution is 9.10. The first-order valence-corrected chi connectivity index (χ1v) is 5.83. The Hall–Kier alpha value is -1.07. The van der Waals surface area contributed by atoms with Gasteiger partial charge in [0.25, 0.3) is 0 Å². The number of nitrogens with one attached hydrogen (secondary N) is 1. The molecule has 4 nitrogen and oxygen atoms in total. The van der Waals surface area contributed by atoms with E-state index >= 15 is 0 Å². The van der Waals surface area contributed by atoms with E-state index in [1.54, 1.807) is 18.2 Å². The van der Waals surface area contributed by atoms with Gasteiger partial charge in [0.05, 0.1) is 18.2 Å². The summed E-state index contributed by atoms with van der Waals surface area (Å²) in [5, 5.41) is 12.1. The fraction of sp³-hybridized carbons (Fsp3) is 0.364. The summed E-state index contributed by atoms with van der Waals surface area (Å²) in [5.74, 6) is -0.920. The first kappa shape index (κ1) is 11.4. The number of halogens is 1. The van der Waals surface area contributed by atoms with Gasteiger partial charge in [-0.15, -0.1) is 0 Å². The fourth-order valence-corrected chi connectivity index (χ4v) is 2.13. The maximum atomic E-state index is 10.7. The maximum absolute atomic E-state index is 10.7. The lowest BCUT2D eigenvalue weighted by molar-refractivity contribution is 0.0697. The summed E-state index contributed by atoms with van der Waals surface area (Å²) in [4.78, 5) is 10.7. The van der Waals surface area contributed by atoms with E-state index < -0.39 is 5.97 Å². The molecule has 0 amide bonds. The first-order valence-electron chi connectivity index (χ1n) is 5.04. The molecule has 0 spiro atoms. The van der Waals surface area contributed by atoms with Crippen molar-refractivity contribution >= 4 is 27.6 Å². The number of ether oxygens (including phenoxy) is 1. The number of hydrogen-bond acceptors (Lipinski definition) is 3. The van der Waals surface area contributed by atoms with Crippen molar-refractivity contribution in [1.29, 1.82) is 0 Å². The monoisotopic (exact) mass is 285 g/mol. The molecule has 1 heterocycles. The highest BCUT2D eigenvalue weighted by Gasteiger charge is 2.16. The Labute approximate surface area is 102 Å². The van der Waals surface area contributed by atoms with Gasteiger partial charge in [0.1, 0.15) is 0 Å². The molecular weight excluding hydrogens is 274 g/mol. The van der Waals surface area contributed by atoms with Crippen molar-refractivity contribution in [3.05, 3.63) is 28.2 Å². The van der Waals surface area contributed by atoms with E-state index in [-0.39, 0.29) is 5.56 Å². The Bertz CT molecular complexity index is 402. The first-order chi connectivity index (χ1) is 7.66. The minimum absolute atomic E-state index is 0.278. The summed E-state index contributed by atoms with van der Waals surface area (Å²) in [6.45, 7) is 1.48. The predicted molar refractivity (Wildman–Crippen MR) is 63.9 cm³/mol. The number of hydrogen-bond donors (Lipinski definition) is 2. The van der Waals surface area contributed by atoms with Gasteiger partial charge in [0.2, 0.25) is 0 Å². The van der Waals surface area contributed by atoms with Gasteiger partial charge >= 0.3 is 5.97 Å². The van der Waals surface area contributed by atoms with Crippen molar-refractivity contribution in [2.24, 2.45) is 0 Å². The molecule has 5 heteroatoms. The maximum Gasteiger partial charge on any atom is 0.335 e. The molecular formula is C11H12BrNO3. The molecule has 0 aromatic heterocycles. The van der Waals surface area contributed by atoms with Crippen LogP contribution in [0.25, 0.3) is 0 Å². The highest BCUT2D eigenvalue weighted by atomic mass is 79.9. The van der Waals surface area contributed by atoms with Gasteiger partial charge in [-0.25, -0.2) is 4.79 Å². The lowest BCUT2D eigenvalue weighted by Gasteiger charge is -2.13. The van der Waals surface area contributed by atoms with Crippen LogP contribution in [0.15, 0.2) is 22.7 Å². The average molecular weight is 286 g/mol. The zero-order valence-electron chi connectivity index (χ0n) is 8.57. The third-order valence-electron chi connectivity index (χ3n) is 2.51. The second kappa shape index (κ2) is 4.84. The number of anilines is 1. The molecule has 0 aliphatic carbocycles. The molecule has 1 fully saturated rings. The van der Waals surface area contributed by atoms with E-state index in [2.05, 4.69) is 21.2 Å². The Balaban J connectivity index is 2.12. The molecule has 0 saturated carbocycles. The fourth-order valence-electron chi connectivity index (χ4n) is 1.63. The minimum atomic E-state index is -0.920. The second-order valence-electron chi connectivity index (χ2n) is 3.70. The molecule has 1 atom stereocenters. The largest absolute Gasteiger partial charge is 0.478 e. The van der Waals surface area contributed by atoms with Crippen LogP contribution in [-0.4, -0.2) is 30.3 Å². The zero-order valence-corrected chi connectivity index (χ0v) is 10.2. The van der Waals surface area contributed by atoms with Crippen LogP contribution in [0.1, 0.15) is 16.8 Å². The van der Waals surface area contributed by atoms with Crippen molar-refractivity contribution in [2.45, 2.75) is 12.5 Å². The summed E-state index contributed by atoms with van der Waals surface area (Å²) in [6.07, 6.45) is 0.979. The number of rotatable bonds is 3. The third-order valence-corrected chi connectivity index (χ3v) is 3.16. The average Bonchev–Trinajstić information content (AvgIpc) is 2.73. The number of carboxylic acid groups (broad SMARTS) is 1. The van der Waals surface area contributed by atoms with Gasteiger partial charge < -0.3 is 15.2 Å². The minimum Gasteiger partial charge on any atom is -0.478 e. The molecule has 1 aliphatic heterocycles. The number of benzene rings is 1. The van der Waals surface area contributed by atoms with Gasteiger partial charge in [-0.05, 0) is 40.5 Å². The normalized spacial score (nSPS) is 19.7. The molecule has 1 aromatic rings. The summed E-state index contributed by atoms with van der Waals surface area (Å²) in [7, 11) is 0. The Morgan fingerprint density at radius 3 is 2.94 bits per heavy atom. The molecule has 1 saturated heterocycles. The van der Waals surface area contributed by atoms with Crippen molar-refractivity contribution in [3.8, 4) is 0 Å². The number of carbonyl (C=O) groups is 1. The molecule has 86 valence electrons. The van der Waals surface area contributed by atoms with Crippen LogP contribution in [0.5, 0.6) is 0 Å². The molecule has 2 N–H and O–H groups in total. The Kier molecular flexibility index (Phi) is 3.46. The van der Waals surface area contributed by atoms with E-state index in [9.17, 15) is 4.79 Å². The number of carboxylic acids is 1. The number of aromatic carboxylic acids is 1. The van der Waals surface area contributed by atoms with Crippen LogP contribution in [0.2, 0.25) is 0 Å². The van der Waals surface area contributed by atoms with Gasteiger partial charge in [-0.3, -0.25) is 0 Å². The van der Waals surface area contributed by atoms with Crippen molar-refractivity contribution in [3.63, 3.8) is 0 Å². The molecule has 1 aromatic carbocycles. The molecule has 2 rings (SSSR count). The smallest absolute Gasteiger partial charge is 0.335 e. The lowest BCUT2D eigenvalue weighted by Crippen LogP contribution is -2.19. The van der Waals surface area contributed by atoms with Crippen LogP contribution < -0.4 is 5.32 Å². The molecule has 16 heavy (non-hydrogen) atoms. The van der Waals surface area contributed by atoms with Gasteiger partial charge in [-0.1, -0.05) is 0 Å². The lowest BCUT2D eigenvalue weighted by atomic mass is 10.2. The van der Waals surface area contributed by atoms with Crippen molar-refractivity contribution < 1.29 is 14.6 Å². The Morgan fingerprint density at radius 2 is 2.38 bits per heavy atom. The third kappa shape index (κ3) is 2.54. The second-order valence-corrected chi connectivity index (χ2v) is 4.56. The van der Waals surface area contributed by atoms with Crippen molar-refractivity contribution in [1.82, 2.24) is 0 Å². The van der Waals surface area contributed by atoms with Gasteiger partial charge in [0, 0.05) is 16.8 Å². The van der Waals surface area contributed by atoms with Gasteiger partial charge in [-0.2, -0.15) is 0 Å². The van der Waals surface area contributed by atoms with Crippen LogP contribution in [0.4, 0.5) is 5.69 Å². The summed E-state index contributed by atoms with van der Waals surface area (Å²) >= 11 is 3.36. The van der Waals surface area contributed by atoms with Gasteiger partial charge in [0.15, 0.2) is 0 Å². The van der Waals surface area contributed by atoms with Crippen molar-refractivity contribution in [2.75, 3.05) is 18.5 Å². The molecule has 0 radical (unpaired) electrons. The summed E-state index contributed by atoms with van der Waals surface area (Å²) in [5.41, 5.74) is 1.18. The molecule has 0 unspecified atom stereocenters. The quantitative estimate of drug-likeness (QED) is 0.895. The van der Waals surface area contributed by atoms with E-state index in [1.165, 1.54) is 0 Å². The summed E-state index contributed by atoms with van der Waals surface area (Å²) < 4.78 is 6.02. The molecule has 1 aliphatic rings. The van der Waals surface area contributed by atoms with E-state index in [1.807, 2.05) is 0 Å². The van der Waals surface area contributed by atoms with E-state index in [0.29, 0.717) is 12.6 Å². The topological polar surface area (TPSA) is 58.6 Å². The van der Waals surface area contributed by atoms with Crippen LogP contribution in [0.3, 0.4) is 0 Å². The SMILES string of the molecule is O=C(O)c1ccc(N[C@H]2CCOC2)c(Br)c1. The zero-order chi connectivity index (χ0) is 11.5. The summed E-state index contributed by atoms with van der Waals surface area (Å²) in [6, 6.07) is 5.27. The van der Waals surface area contributed by atoms with E-state index in [4.69, 9.17) is 9.84 Å². The van der Waals surface area contributed by atoms with Crippen LogP contribution in [-0.2, 0) is 4.74 Å². The van der Waals surface area contributed by atoms with Crippen LogP contribution in [0, 0.1) is 0 Å². The predicted octanol–water partition coefficient (Wildman–Crippen LogP) is 2.35.